The van der Waals surface area contributed by atoms with Gasteiger partial charge >= 0.3 is 0 Å². The molecule has 0 aliphatic carbocycles. The van der Waals surface area contributed by atoms with Gasteiger partial charge in [0.2, 0.25) is 0 Å². The van der Waals surface area contributed by atoms with Crippen LogP contribution in [0, 0.1) is 13.8 Å². The number of aryl methyl sites for hydroxylation is 1. The van der Waals surface area contributed by atoms with Crippen LogP contribution in [-0.4, -0.2) is 22.0 Å². The third-order valence-corrected chi connectivity index (χ3v) is 5.19. The van der Waals surface area contributed by atoms with Gasteiger partial charge in [-0.1, -0.05) is 18.2 Å². The fourth-order valence-corrected chi connectivity index (χ4v) is 3.82. The zero-order valence-corrected chi connectivity index (χ0v) is 19.0. The number of benzene rings is 2. The number of nitrogens with one attached hydrogen (secondary N) is 1. The maximum absolute atomic E-state index is 12.9. The van der Waals surface area contributed by atoms with Crippen molar-refractivity contribution in [2.24, 2.45) is 0 Å². The summed E-state index contributed by atoms with van der Waals surface area (Å²) in [5.74, 6) is 0.0299. The first-order chi connectivity index (χ1) is 15.1. The first-order valence-electron chi connectivity index (χ1n) is 10.5. The van der Waals surface area contributed by atoms with E-state index in [0.717, 1.165) is 28.4 Å². The predicted molar refractivity (Wildman–Crippen MR) is 126 cm³/mol. The number of rotatable bonds is 4. The molecule has 4 rings (SSSR count). The first kappa shape index (κ1) is 21.4. The Morgan fingerprint density at radius 2 is 1.56 bits per heavy atom. The summed E-state index contributed by atoms with van der Waals surface area (Å²) >= 11 is 0. The fourth-order valence-electron chi connectivity index (χ4n) is 3.82. The minimum atomic E-state index is -0.410. The van der Waals surface area contributed by atoms with E-state index in [1.54, 1.807) is 18.2 Å². The van der Waals surface area contributed by atoms with Gasteiger partial charge < -0.3 is 9.30 Å². The molecule has 1 aliphatic heterocycles. The van der Waals surface area contributed by atoms with Crippen LogP contribution in [0.1, 0.15) is 37.7 Å². The number of carbonyl (C=O) groups is 2. The number of hydrogen-bond acceptors (Lipinski definition) is 3. The molecule has 0 atom stereocenters. The molecule has 2 heterocycles. The van der Waals surface area contributed by atoms with Crippen LogP contribution >= 0.6 is 0 Å². The van der Waals surface area contributed by atoms with Crippen LogP contribution in [0.25, 0.3) is 11.8 Å². The number of anilines is 1. The number of amides is 2. The number of nitrogens with zero attached hydrogens (tertiary/aromatic N) is 2. The van der Waals surface area contributed by atoms with Crippen LogP contribution in [0.2, 0.25) is 0 Å². The molecule has 6 nitrogen and oxygen atoms in total. The summed E-state index contributed by atoms with van der Waals surface area (Å²) in [6.07, 6.45) is 1.66. The van der Waals surface area contributed by atoms with Crippen molar-refractivity contribution < 1.29 is 14.3 Å². The van der Waals surface area contributed by atoms with Crippen LogP contribution in [0.5, 0.6) is 5.75 Å². The highest BCUT2D eigenvalue weighted by molar-refractivity contribution is 6.31. The number of carbonyl (C=O) groups excluding carboxylic acids is 2. The van der Waals surface area contributed by atoms with E-state index in [2.05, 4.69) is 9.99 Å². The van der Waals surface area contributed by atoms with E-state index >= 15 is 0 Å². The Kier molecular flexibility index (Phi) is 5.38. The summed E-state index contributed by atoms with van der Waals surface area (Å²) in [7, 11) is 0. The molecule has 1 N–H and O–H groups in total. The summed E-state index contributed by atoms with van der Waals surface area (Å²) in [4.78, 5) is 25.4. The monoisotopic (exact) mass is 429 g/mol. The highest BCUT2D eigenvalue weighted by Crippen LogP contribution is 2.27. The SMILES string of the molecule is Cc1cc(/C=C2/C(=O)NN(c3ccccc3)C2=O)c(C)n1-c1ccc(OC(C)(C)C)cc1. The molecule has 2 amide bonds. The van der Waals surface area contributed by atoms with Crippen LogP contribution < -0.4 is 15.2 Å². The Balaban J connectivity index is 1.64. The molecule has 0 saturated carbocycles. The maximum atomic E-state index is 12.9. The molecule has 0 bridgehead atoms. The zero-order chi connectivity index (χ0) is 23.0. The summed E-state index contributed by atoms with van der Waals surface area (Å²) in [6, 6.07) is 18.9. The highest BCUT2D eigenvalue weighted by Gasteiger charge is 2.34. The fraction of sp³-hybridized carbons (Fsp3) is 0.231. The summed E-state index contributed by atoms with van der Waals surface area (Å²) < 4.78 is 8.01. The molecule has 32 heavy (non-hydrogen) atoms. The van der Waals surface area contributed by atoms with E-state index in [4.69, 9.17) is 4.74 Å². The average molecular weight is 430 g/mol. The molecule has 1 saturated heterocycles. The van der Waals surface area contributed by atoms with Crippen molar-refractivity contribution in [1.82, 2.24) is 9.99 Å². The Labute approximate surface area is 188 Å². The molecule has 1 aromatic heterocycles. The molecule has 2 aromatic carbocycles. The third kappa shape index (κ3) is 4.17. The average Bonchev–Trinajstić information content (AvgIpc) is 3.18. The minimum absolute atomic E-state index is 0.114. The van der Waals surface area contributed by atoms with Gasteiger partial charge in [-0.15, -0.1) is 0 Å². The van der Waals surface area contributed by atoms with Gasteiger partial charge in [0.15, 0.2) is 0 Å². The zero-order valence-electron chi connectivity index (χ0n) is 19.0. The topological polar surface area (TPSA) is 63.6 Å². The largest absolute Gasteiger partial charge is 0.488 e. The minimum Gasteiger partial charge on any atom is -0.488 e. The second kappa shape index (κ2) is 8.04. The van der Waals surface area contributed by atoms with Crippen LogP contribution in [0.4, 0.5) is 5.69 Å². The molecule has 6 heteroatoms. The number of aromatic nitrogens is 1. The number of ether oxygens (including phenoxy) is 1. The van der Waals surface area contributed by atoms with Gasteiger partial charge in [-0.3, -0.25) is 15.0 Å². The van der Waals surface area contributed by atoms with Crippen molar-refractivity contribution >= 4 is 23.6 Å². The van der Waals surface area contributed by atoms with Crippen LogP contribution in [0.15, 0.2) is 66.2 Å². The lowest BCUT2D eigenvalue weighted by Gasteiger charge is -2.21. The second-order valence-corrected chi connectivity index (χ2v) is 8.85. The van der Waals surface area contributed by atoms with Gasteiger partial charge in [-0.05, 0) is 88.7 Å². The molecule has 164 valence electrons. The molecule has 3 aromatic rings. The molecular formula is C26H27N3O3. The van der Waals surface area contributed by atoms with Crippen LogP contribution in [-0.2, 0) is 9.59 Å². The molecule has 0 radical (unpaired) electrons. The van der Waals surface area contributed by atoms with E-state index in [0.29, 0.717) is 5.69 Å². The molecular weight excluding hydrogens is 402 g/mol. The Bertz CT molecular complexity index is 1200. The van der Waals surface area contributed by atoms with Gasteiger partial charge in [0.05, 0.1) is 5.69 Å². The normalized spacial score (nSPS) is 15.4. The van der Waals surface area contributed by atoms with Gasteiger partial charge in [-0.2, -0.15) is 0 Å². The molecule has 1 fully saturated rings. The van der Waals surface area contributed by atoms with Gasteiger partial charge in [0.25, 0.3) is 11.8 Å². The lowest BCUT2D eigenvalue weighted by atomic mass is 10.1. The van der Waals surface area contributed by atoms with Crippen molar-refractivity contribution in [2.75, 3.05) is 5.01 Å². The lowest BCUT2D eigenvalue weighted by molar-refractivity contribution is -0.117. The summed E-state index contributed by atoms with van der Waals surface area (Å²) in [5, 5.41) is 1.28. The van der Waals surface area contributed by atoms with Gasteiger partial charge in [-0.25, -0.2) is 5.01 Å². The summed E-state index contributed by atoms with van der Waals surface area (Å²) in [6.45, 7) is 10.0. The maximum Gasteiger partial charge on any atom is 0.282 e. The van der Waals surface area contributed by atoms with E-state index in [1.165, 1.54) is 5.01 Å². The number of para-hydroxylation sites is 1. The smallest absolute Gasteiger partial charge is 0.282 e. The van der Waals surface area contributed by atoms with E-state index < -0.39 is 5.91 Å². The quantitative estimate of drug-likeness (QED) is 0.482. The predicted octanol–water partition coefficient (Wildman–Crippen LogP) is 4.73. The molecule has 1 aliphatic rings. The molecule has 0 unspecified atom stereocenters. The van der Waals surface area contributed by atoms with Gasteiger partial charge in [0.1, 0.15) is 16.9 Å². The Morgan fingerprint density at radius 1 is 0.906 bits per heavy atom. The van der Waals surface area contributed by atoms with Gasteiger partial charge in [0, 0.05) is 17.1 Å². The van der Waals surface area contributed by atoms with E-state index in [1.807, 2.05) is 83.1 Å². The Morgan fingerprint density at radius 3 is 2.19 bits per heavy atom. The highest BCUT2D eigenvalue weighted by atomic mass is 16.5. The van der Waals surface area contributed by atoms with Crippen molar-refractivity contribution in [3.05, 3.63) is 83.2 Å². The van der Waals surface area contributed by atoms with Crippen molar-refractivity contribution in [2.45, 2.75) is 40.2 Å². The van der Waals surface area contributed by atoms with E-state index in [9.17, 15) is 9.59 Å². The first-order valence-corrected chi connectivity index (χ1v) is 10.5. The van der Waals surface area contributed by atoms with Crippen molar-refractivity contribution in [3.8, 4) is 11.4 Å². The van der Waals surface area contributed by atoms with Crippen molar-refractivity contribution in [1.29, 1.82) is 0 Å². The summed E-state index contributed by atoms with van der Waals surface area (Å²) in [5.41, 5.74) is 6.88. The lowest BCUT2D eigenvalue weighted by Crippen LogP contribution is -2.35. The third-order valence-electron chi connectivity index (χ3n) is 5.19. The number of hydrazine groups is 1. The number of hydrogen-bond donors (Lipinski definition) is 1. The standard InChI is InChI=1S/C26H27N3O3/c1-17-15-19(16-23-24(30)27-29(25(23)31)21-9-7-6-8-10-21)18(2)28(17)20-11-13-22(14-12-20)32-26(3,4)5/h6-16H,1-5H3,(H,27,30)/b23-16-. The molecule has 0 spiro atoms. The Hall–Kier alpha value is -3.80. The second-order valence-electron chi connectivity index (χ2n) is 8.85. The van der Waals surface area contributed by atoms with E-state index in [-0.39, 0.29) is 17.1 Å². The van der Waals surface area contributed by atoms with Crippen molar-refractivity contribution in [3.63, 3.8) is 0 Å². The van der Waals surface area contributed by atoms with Crippen LogP contribution in [0.3, 0.4) is 0 Å².